The van der Waals surface area contributed by atoms with Gasteiger partial charge in [0.05, 0.1) is 4.92 Å². The number of aryl methyl sites for hydroxylation is 1. The number of nitro groups is 1. The number of hydrogen-bond acceptors (Lipinski definition) is 7. The van der Waals surface area contributed by atoms with E-state index in [4.69, 9.17) is 5.84 Å². The number of nitrogens with zero attached hydrogens (tertiary/aromatic N) is 3. The number of nitrogen functional groups attached to an aromatic ring is 1. The normalized spacial score (nSPS) is 12.0. The predicted molar refractivity (Wildman–Crippen MR) is 64.6 cm³/mol. The first-order chi connectivity index (χ1) is 7.99. The van der Waals surface area contributed by atoms with Gasteiger partial charge in [-0.1, -0.05) is 6.92 Å². The predicted octanol–water partition coefficient (Wildman–Crippen LogP) is 1.19. The highest BCUT2D eigenvalue weighted by molar-refractivity contribution is 5.61. The topological polar surface area (TPSA) is 119 Å². The largest absolute Gasteiger partial charge is 0.362 e. The van der Waals surface area contributed by atoms with Crippen molar-refractivity contribution in [2.45, 2.75) is 33.2 Å². The Kier molecular flexibility index (Phi) is 4.16. The second kappa shape index (κ2) is 5.39. The second-order valence-electron chi connectivity index (χ2n) is 3.68. The number of aromatic nitrogens is 2. The Morgan fingerprint density at radius 1 is 1.53 bits per heavy atom. The van der Waals surface area contributed by atoms with Crippen molar-refractivity contribution < 1.29 is 4.92 Å². The van der Waals surface area contributed by atoms with Crippen LogP contribution in [0.5, 0.6) is 0 Å². The van der Waals surface area contributed by atoms with Crippen molar-refractivity contribution in [1.29, 1.82) is 0 Å². The fourth-order valence-corrected chi connectivity index (χ4v) is 1.29. The Balaban J connectivity index is 3.22. The quantitative estimate of drug-likeness (QED) is 0.401. The molecular weight excluding hydrogens is 224 g/mol. The zero-order chi connectivity index (χ0) is 13.0. The van der Waals surface area contributed by atoms with Gasteiger partial charge in [0.2, 0.25) is 11.8 Å². The van der Waals surface area contributed by atoms with Crippen molar-refractivity contribution >= 4 is 17.5 Å². The van der Waals surface area contributed by atoms with E-state index in [0.717, 1.165) is 6.42 Å². The fourth-order valence-electron chi connectivity index (χ4n) is 1.29. The minimum atomic E-state index is -0.500. The lowest BCUT2D eigenvalue weighted by molar-refractivity contribution is -0.385. The van der Waals surface area contributed by atoms with Crippen molar-refractivity contribution in [2.24, 2.45) is 5.84 Å². The Morgan fingerprint density at radius 3 is 2.65 bits per heavy atom. The molecule has 0 fully saturated rings. The first-order valence-corrected chi connectivity index (χ1v) is 5.25. The molecule has 1 atom stereocenters. The summed E-state index contributed by atoms with van der Waals surface area (Å²) in [6.07, 6.45) is 0.825. The molecule has 0 saturated carbocycles. The average Bonchev–Trinajstić information content (AvgIpc) is 2.27. The molecule has 0 aliphatic heterocycles. The van der Waals surface area contributed by atoms with Crippen LogP contribution in [0.1, 0.15) is 26.0 Å². The molecule has 0 saturated heterocycles. The molecule has 0 aliphatic carbocycles. The second-order valence-corrected chi connectivity index (χ2v) is 3.68. The molecule has 0 aromatic carbocycles. The molecule has 0 amide bonds. The molecule has 0 bridgehead atoms. The molecule has 1 unspecified atom stereocenters. The lowest BCUT2D eigenvalue weighted by Crippen LogP contribution is -2.19. The number of rotatable bonds is 5. The third-order valence-electron chi connectivity index (χ3n) is 2.37. The van der Waals surface area contributed by atoms with Crippen LogP contribution in [-0.2, 0) is 0 Å². The smallest absolute Gasteiger partial charge is 0.332 e. The van der Waals surface area contributed by atoms with E-state index in [2.05, 4.69) is 20.7 Å². The van der Waals surface area contributed by atoms with E-state index in [0.29, 0.717) is 0 Å². The SMILES string of the molecule is CCC(C)Nc1nc(NN)nc(C)c1[N+](=O)[O-]. The maximum atomic E-state index is 10.9. The minimum absolute atomic E-state index is 0.0774. The van der Waals surface area contributed by atoms with Crippen LogP contribution in [-0.4, -0.2) is 20.9 Å². The van der Waals surface area contributed by atoms with Gasteiger partial charge in [0.1, 0.15) is 5.69 Å². The molecular formula is C9H16N6O2. The molecule has 17 heavy (non-hydrogen) atoms. The molecule has 4 N–H and O–H groups in total. The molecule has 0 radical (unpaired) electrons. The Bertz CT molecular complexity index is 422. The Labute approximate surface area is 98.8 Å². The highest BCUT2D eigenvalue weighted by Crippen LogP contribution is 2.26. The monoisotopic (exact) mass is 240 g/mol. The van der Waals surface area contributed by atoms with Gasteiger partial charge in [-0.2, -0.15) is 4.98 Å². The van der Waals surface area contributed by atoms with Crippen LogP contribution in [0.3, 0.4) is 0 Å². The molecule has 1 aromatic heterocycles. The van der Waals surface area contributed by atoms with E-state index in [-0.39, 0.29) is 29.2 Å². The van der Waals surface area contributed by atoms with E-state index in [1.54, 1.807) is 6.92 Å². The van der Waals surface area contributed by atoms with Crippen molar-refractivity contribution in [3.63, 3.8) is 0 Å². The van der Waals surface area contributed by atoms with Gasteiger partial charge in [-0.15, -0.1) is 0 Å². The molecule has 8 nitrogen and oxygen atoms in total. The van der Waals surface area contributed by atoms with Crippen molar-refractivity contribution in [3.05, 3.63) is 15.8 Å². The zero-order valence-electron chi connectivity index (χ0n) is 10.0. The van der Waals surface area contributed by atoms with Crippen LogP contribution in [0.15, 0.2) is 0 Å². The van der Waals surface area contributed by atoms with Crippen LogP contribution >= 0.6 is 0 Å². The van der Waals surface area contributed by atoms with Gasteiger partial charge in [-0.25, -0.2) is 10.8 Å². The first kappa shape index (κ1) is 13.1. The van der Waals surface area contributed by atoms with Gasteiger partial charge in [-0.3, -0.25) is 15.5 Å². The van der Waals surface area contributed by atoms with Gasteiger partial charge in [0.15, 0.2) is 0 Å². The van der Waals surface area contributed by atoms with Crippen LogP contribution in [0.2, 0.25) is 0 Å². The first-order valence-electron chi connectivity index (χ1n) is 5.25. The summed E-state index contributed by atoms with van der Waals surface area (Å²) in [6, 6.07) is 0.0774. The number of nitrogens with one attached hydrogen (secondary N) is 2. The number of nitrogens with two attached hydrogens (primary N) is 1. The summed E-state index contributed by atoms with van der Waals surface area (Å²) in [5.41, 5.74) is 2.43. The van der Waals surface area contributed by atoms with Gasteiger partial charge in [0.25, 0.3) is 0 Å². The molecule has 1 aromatic rings. The minimum Gasteiger partial charge on any atom is -0.362 e. The lowest BCUT2D eigenvalue weighted by Gasteiger charge is -2.13. The lowest BCUT2D eigenvalue weighted by atomic mass is 10.2. The molecule has 1 rings (SSSR count). The average molecular weight is 240 g/mol. The van der Waals surface area contributed by atoms with Gasteiger partial charge >= 0.3 is 5.69 Å². The molecule has 8 heteroatoms. The standard InChI is InChI=1S/C9H16N6O2/c1-4-5(2)11-8-7(15(16)17)6(3)12-9(13-8)14-10/h5H,4,10H2,1-3H3,(H2,11,12,13,14). The summed E-state index contributed by atoms with van der Waals surface area (Å²) >= 11 is 0. The summed E-state index contributed by atoms with van der Waals surface area (Å²) in [5.74, 6) is 5.54. The van der Waals surface area contributed by atoms with E-state index < -0.39 is 4.92 Å². The van der Waals surface area contributed by atoms with E-state index in [1.165, 1.54) is 0 Å². The molecule has 94 valence electrons. The highest BCUT2D eigenvalue weighted by Gasteiger charge is 2.22. The van der Waals surface area contributed by atoms with Crippen LogP contribution in [0, 0.1) is 17.0 Å². The molecule has 1 heterocycles. The fraction of sp³-hybridized carbons (Fsp3) is 0.556. The van der Waals surface area contributed by atoms with Crippen LogP contribution < -0.4 is 16.6 Å². The Hall–Kier alpha value is -1.96. The zero-order valence-corrected chi connectivity index (χ0v) is 10.0. The maximum absolute atomic E-state index is 10.9. The van der Waals surface area contributed by atoms with Gasteiger partial charge < -0.3 is 5.32 Å². The number of hydrogen-bond donors (Lipinski definition) is 3. The number of anilines is 2. The third-order valence-corrected chi connectivity index (χ3v) is 2.37. The van der Waals surface area contributed by atoms with E-state index in [9.17, 15) is 10.1 Å². The molecule has 0 spiro atoms. The van der Waals surface area contributed by atoms with E-state index in [1.807, 2.05) is 13.8 Å². The van der Waals surface area contributed by atoms with Crippen molar-refractivity contribution in [2.75, 3.05) is 10.7 Å². The summed E-state index contributed by atoms with van der Waals surface area (Å²) in [4.78, 5) is 18.3. The van der Waals surface area contributed by atoms with Crippen molar-refractivity contribution in [3.8, 4) is 0 Å². The molecule has 0 aliphatic rings. The summed E-state index contributed by atoms with van der Waals surface area (Å²) in [5, 5.41) is 13.9. The number of hydrazine groups is 1. The highest BCUT2D eigenvalue weighted by atomic mass is 16.6. The van der Waals surface area contributed by atoms with Gasteiger partial charge in [-0.05, 0) is 20.3 Å². The Morgan fingerprint density at radius 2 is 2.18 bits per heavy atom. The maximum Gasteiger partial charge on any atom is 0.332 e. The van der Waals surface area contributed by atoms with Gasteiger partial charge in [0, 0.05) is 6.04 Å². The third kappa shape index (κ3) is 3.00. The van der Waals surface area contributed by atoms with Crippen molar-refractivity contribution in [1.82, 2.24) is 9.97 Å². The summed E-state index contributed by atoms with van der Waals surface area (Å²) < 4.78 is 0. The van der Waals surface area contributed by atoms with Crippen LogP contribution in [0.4, 0.5) is 17.5 Å². The summed E-state index contributed by atoms with van der Waals surface area (Å²) in [6.45, 7) is 5.43. The summed E-state index contributed by atoms with van der Waals surface area (Å²) in [7, 11) is 0. The van der Waals surface area contributed by atoms with Crippen LogP contribution in [0.25, 0.3) is 0 Å². The van der Waals surface area contributed by atoms with E-state index >= 15 is 0 Å².